The molecule has 4 rings (SSSR count). The number of rotatable bonds is 4. The lowest BCUT2D eigenvalue weighted by molar-refractivity contribution is 0.272. The molecule has 1 saturated heterocycles. The lowest BCUT2D eigenvalue weighted by Gasteiger charge is -2.20. The third kappa shape index (κ3) is 3.38. The summed E-state index contributed by atoms with van der Waals surface area (Å²) in [6.45, 7) is 4.72. The van der Waals surface area contributed by atoms with Crippen LogP contribution < -0.4 is 5.56 Å². The fourth-order valence-electron chi connectivity index (χ4n) is 3.83. The minimum absolute atomic E-state index is 0.00166. The molecule has 1 atom stereocenters. The Kier molecular flexibility index (Phi) is 4.41. The first kappa shape index (κ1) is 16.1. The van der Waals surface area contributed by atoms with Gasteiger partial charge in [0.1, 0.15) is 0 Å². The maximum Gasteiger partial charge on any atom is 0.255 e. The second-order valence-electron chi connectivity index (χ2n) is 7.05. The average Bonchev–Trinajstić information content (AvgIpc) is 3.05. The molecule has 0 amide bonds. The smallest absolute Gasteiger partial charge is 0.255 e. The Balaban J connectivity index is 1.56. The molecule has 0 radical (unpaired) electrons. The van der Waals surface area contributed by atoms with Crippen LogP contribution in [0.5, 0.6) is 0 Å². The number of nitrogens with zero attached hydrogens (tertiary/aromatic N) is 2. The highest BCUT2D eigenvalue weighted by Gasteiger charge is 2.19. The second kappa shape index (κ2) is 6.85. The van der Waals surface area contributed by atoms with Gasteiger partial charge in [0.25, 0.3) is 5.56 Å². The molecule has 3 nitrogen and oxygen atoms in total. The van der Waals surface area contributed by atoms with Gasteiger partial charge >= 0.3 is 0 Å². The van der Waals surface area contributed by atoms with Crippen LogP contribution >= 0.6 is 0 Å². The molecule has 0 aliphatic carbocycles. The zero-order valence-electron chi connectivity index (χ0n) is 14.7. The summed E-state index contributed by atoms with van der Waals surface area (Å²) >= 11 is 0. The first-order valence-corrected chi connectivity index (χ1v) is 9.15. The summed E-state index contributed by atoms with van der Waals surface area (Å²) in [5.74, 6) is 0. The van der Waals surface area contributed by atoms with Gasteiger partial charge in [0.2, 0.25) is 0 Å². The van der Waals surface area contributed by atoms with Crippen LogP contribution in [0.3, 0.4) is 0 Å². The highest BCUT2D eigenvalue weighted by atomic mass is 16.1. The Bertz CT molecular complexity index is 944. The zero-order chi connectivity index (χ0) is 17.2. The lowest BCUT2D eigenvalue weighted by atomic mass is 10.0. The average molecular weight is 332 g/mol. The molecule has 1 aliphatic rings. The molecule has 2 aromatic carbocycles. The maximum absolute atomic E-state index is 12.0. The van der Waals surface area contributed by atoms with E-state index < -0.39 is 0 Å². The van der Waals surface area contributed by atoms with Gasteiger partial charge in [0, 0.05) is 30.5 Å². The van der Waals surface area contributed by atoms with Gasteiger partial charge in [0.05, 0.1) is 0 Å². The maximum atomic E-state index is 12.0. The molecule has 0 saturated carbocycles. The summed E-state index contributed by atoms with van der Waals surface area (Å²) in [5.41, 5.74) is 2.30. The van der Waals surface area contributed by atoms with Crippen LogP contribution in [-0.2, 0) is 6.42 Å². The predicted molar refractivity (Wildman–Crippen MR) is 104 cm³/mol. The molecule has 1 fully saturated rings. The molecular weight excluding hydrogens is 308 g/mol. The Morgan fingerprint density at radius 1 is 1.04 bits per heavy atom. The van der Waals surface area contributed by atoms with E-state index in [0.717, 1.165) is 24.7 Å². The predicted octanol–water partition coefficient (Wildman–Crippen LogP) is 4.02. The summed E-state index contributed by atoms with van der Waals surface area (Å²) in [4.78, 5) is 14.6. The molecular formula is C22H24N2O. The van der Waals surface area contributed by atoms with E-state index in [0.29, 0.717) is 0 Å². The standard InChI is InChI=1S/C22H24N2O/c1-17-5-4-12-23(17)14-11-18-7-8-20-16-21(10-9-19(20)15-18)24-13-3-2-6-22(24)25/h2-3,6-10,13,15-17H,4-5,11-12,14H2,1H3. The zero-order valence-corrected chi connectivity index (χ0v) is 14.7. The Hall–Kier alpha value is -2.39. The molecule has 25 heavy (non-hydrogen) atoms. The van der Waals surface area contributed by atoms with E-state index in [4.69, 9.17) is 0 Å². The number of fused-ring (bicyclic) bond motifs is 1. The summed E-state index contributed by atoms with van der Waals surface area (Å²) in [7, 11) is 0. The number of hydrogen-bond donors (Lipinski definition) is 0. The van der Waals surface area contributed by atoms with E-state index >= 15 is 0 Å². The van der Waals surface area contributed by atoms with E-state index in [1.54, 1.807) is 16.7 Å². The van der Waals surface area contributed by atoms with Crippen molar-refractivity contribution in [1.82, 2.24) is 9.47 Å². The van der Waals surface area contributed by atoms with Gasteiger partial charge in [-0.15, -0.1) is 0 Å². The quantitative estimate of drug-likeness (QED) is 0.721. The molecule has 3 aromatic rings. The van der Waals surface area contributed by atoms with Crippen LogP contribution in [0, 0.1) is 0 Å². The van der Waals surface area contributed by atoms with Gasteiger partial charge in [0.15, 0.2) is 0 Å². The molecule has 0 spiro atoms. The van der Waals surface area contributed by atoms with E-state index in [1.165, 1.54) is 35.7 Å². The molecule has 2 heterocycles. The van der Waals surface area contributed by atoms with Gasteiger partial charge in [-0.3, -0.25) is 9.36 Å². The van der Waals surface area contributed by atoms with E-state index in [2.05, 4.69) is 42.2 Å². The Labute approximate surface area is 148 Å². The van der Waals surface area contributed by atoms with Crippen LogP contribution in [0.1, 0.15) is 25.3 Å². The molecule has 1 aromatic heterocycles. The van der Waals surface area contributed by atoms with Gasteiger partial charge in [-0.2, -0.15) is 0 Å². The highest BCUT2D eigenvalue weighted by Crippen LogP contribution is 2.21. The van der Waals surface area contributed by atoms with Crippen molar-refractivity contribution in [1.29, 1.82) is 0 Å². The minimum atomic E-state index is -0.00166. The van der Waals surface area contributed by atoms with Crippen LogP contribution in [0.25, 0.3) is 16.5 Å². The highest BCUT2D eigenvalue weighted by molar-refractivity contribution is 5.85. The van der Waals surface area contributed by atoms with Crippen molar-refractivity contribution < 1.29 is 0 Å². The van der Waals surface area contributed by atoms with Crippen molar-refractivity contribution in [2.75, 3.05) is 13.1 Å². The van der Waals surface area contributed by atoms with Gasteiger partial charge < -0.3 is 4.90 Å². The molecule has 0 N–H and O–H groups in total. The Morgan fingerprint density at radius 2 is 1.88 bits per heavy atom. The monoisotopic (exact) mass is 332 g/mol. The fourth-order valence-corrected chi connectivity index (χ4v) is 3.83. The molecule has 128 valence electrons. The van der Waals surface area contributed by atoms with E-state index in [-0.39, 0.29) is 5.56 Å². The first-order valence-electron chi connectivity index (χ1n) is 9.15. The Morgan fingerprint density at radius 3 is 2.68 bits per heavy atom. The van der Waals surface area contributed by atoms with Gasteiger partial charge in [-0.05, 0) is 67.3 Å². The molecule has 1 unspecified atom stereocenters. The molecule has 0 bridgehead atoms. The first-order chi connectivity index (χ1) is 12.2. The second-order valence-corrected chi connectivity index (χ2v) is 7.05. The minimum Gasteiger partial charge on any atom is -0.300 e. The topological polar surface area (TPSA) is 25.2 Å². The van der Waals surface area contributed by atoms with Crippen molar-refractivity contribution in [2.45, 2.75) is 32.2 Å². The third-order valence-electron chi connectivity index (χ3n) is 5.37. The molecule has 3 heteroatoms. The largest absolute Gasteiger partial charge is 0.300 e. The molecule has 1 aliphatic heterocycles. The van der Waals surface area contributed by atoms with Crippen molar-refractivity contribution in [3.63, 3.8) is 0 Å². The van der Waals surface area contributed by atoms with Gasteiger partial charge in [-0.1, -0.05) is 30.3 Å². The van der Waals surface area contributed by atoms with Crippen LogP contribution in [0.4, 0.5) is 0 Å². The van der Waals surface area contributed by atoms with Crippen molar-refractivity contribution in [3.05, 3.63) is 76.7 Å². The number of hydrogen-bond acceptors (Lipinski definition) is 2. The third-order valence-corrected chi connectivity index (χ3v) is 5.37. The fraction of sp³-hybridized carbons (Fsp3) is 0.318. The van der Waals surface area contributed by atoms with Crippen molar-refractivity contribution >= 4 is 10.8 Å². The lowest BCUT2D eigenvalue weighted by Crippen LogP contribution is -2.28. The number of benzene rings is 2. The van der Waals surface area contributed by atoms with Gasteiger partial charge in [-0.25, -0.2) is 0 Å². The summed E-state index contributed by atoms with van der Waals surface area (Å²) in [5, 5.41) is 2.41. The van der Waals surface area contributed by atoms with E-state index in [1.807, 2.05) is 18.3 Å². The summed E-state index contributed by atoms with van der Waals surface area (Å²) in [6, 6.07) is 18.9. The summed E-state index contributed by atoms with van der Waals surface area (Å²) < 4.78 is 1.68. The van der Waals surface area contributed by atoms with Crippen LogP contribution in [0.15, 0.2) is 65.6 Å². The normalized spacial score (nSPS) is 18.0. The van der Waals surface area contributed by atoms with E-state index in [9.17, 15) is 4.79 Å². The van der Waals surface area contributed by atoms with Crippen molar-refractivity contribution in [3.8, 4) is 5.69 Å². The number of aromatic nitrogens is 1. The van der Waals surface area contributed by atoms with Crippen LogP contribution in [-0.4, -0.2) is 28.6 Å². The van der Waals surface area contributed by atoms with Crippen LogP contribution in [0.2, 0.25) is 0 Å². The SMILES string of the molecule is CC1CCCN1CCc1ccc2cc(-n3ccccc3=O)ccc2c1. The number of likely N-dealkylation sites (tertiary alicyclic amines) is 1. The summed E-state index contributed by atoms with van der Waals surface area (Å²) in [6.07, 6.45) is 5.58. The van der Waals surface area contributed by atoms with Crippen molar-refractivity contribution in [2.24, 2.45) is 0 Å². The number of pyridine rings is 1.